The van der Waals surface area contributed by atoms with Crippen molar-refractivity contribution in [3.8, 4) is 0 Å². The number of ketones is 1. The molecular weight excluding hydrogens is 230 g/mol. The molecule has 0 bridgehead atoms. The van der Waals surface area contributed by atoms with Gasteiger partial charge in [-0.25, -0.2) is 0 Å². The maximum absolute atomic E-state index is 11.5. The van der Waals surface area contributed by atoms with E-state index in [4.69, 9.17) is 0 Å². The summed E-state index contributed by atoms with van der Waals surface area (Å²) in [5, 5.41) is 0.404. The van der Waals surface area contributed by atoms with Crippen molar-refractivity contribution in [1.29, 1.82) is 0 Å². The van der Waals surface area contributed by atoms with E-state index in [9.17, 15) is 4.79 Å². The van der Waals surface area contributed by atoms with Crippen LogP contribution in [0.5, 0.6) is 0 Å². The Kier molecular flexibility index (Phi) is 3.31. The summed E-state index contributed by atoms with van der Waals surface area (Å²) in [5.74, 6) is 0.160. The van der Waals surface area contributed by atoms with Gasteiger partial charge >= 0.3 is 0 Å². The Morgan fingerprint density at radius 1 is 1.54 bits per heavy atom. The molecule has 1 heterocycles. The quantitative estimate of drug-likeness (QED) is 0.591. The Morgan fingerprint density at radius 3 is 2.54 bits per heavy atom. The normalized spacial score (nSPS) is 10.5. The first-order chi connectivity index (χ1) is 6.11. The molecule has 0 amide bonds. The van der Waals surface area contributed by atoms with Crippen LogP contribution in [-0.2, 0) is 6.54 Å². The van der Waals surface area contributed by atoms with Crippen LogP contribution in [0.4, 0.5) is 0 Å². The van der Waals surface area contributed by atoms with Crippen molar-refractivity contribution < 1.29 is 4.79 Å². The van der Waals surface area contributed by atoms with Gasteiger partial charge in [-0.2, -0.15) is 0 Å². The summed E-state index contributed by atoms with van der Waals surface area (Å²) in [4.78, 5) is 11.5. The van der Waals surface area contributed by atoms with E-state index in [0.717, 1.165) is 23.5 Å². The highest BCUT2D eigenvalue weighted by Crippen LogP contribution is 2.16. The van der Waals surface area contributed by atoms with Crippen molar-refractivity contribution >= 4 is 21.7 Å². The Hall–Kier alpha value is -0.570. The molecule has 0 aliphatic carbocycles. The molecule has 0 saturated heterocycles. The van der Waals surface area contributed by atoms with Crippen molar-refractivity contribution in [2.75, 3.05) is 5.33 Å². The average molecular weight is 244 g/mol. The van der Waals surface area contributed by atoms with Crippen LogP contribution in [-0.4, -0.2) is 15.7 Å². The number of carbonyl (C=O) groups is 1. The zero-order chi connectivity index (χ0) is 10.0. The molecule has 0 aliphatic rings. The first kappa shape index (κ1) is 10.5. The van der Waals surface area contributed by atoms with Crippen LogP contribution < -0.4 is 0 Å². The van der Waals surface area contributed by atoms with E-state index in [2.05, 4.69) is 27.4 Å². The van der Waals surface area contributed by atoms with Crippen LogP contribution in [0.25, 0.3) is 0 Å². The van der Waals surface area contributed by atoms with Crippen molar-refractivity contribution in [2.45, 2.75) is 27.3 Å². The number of aromatic nitrogens is 1. The minimum Gasteiger partial charge on any atom is -0.349 e. The van der Waals surface area contributed by atoms with Crippen LogP contribution in [0.3, 0.4) is 0 Å². The fourth-order valence-corrected chi connectivity index (χ4v) is 1.94. The number of carbonyl (C=O) groups excluding carboxylic acids is 1. The summed E-state index contributed by atoms with van der Waals surface area (Å²) in [5.41, 5.74) is 3.07. The minimum absolute atomic E-state index is 0.160. The van der Waals surface area contributed by atoms with Gasteiger partial charge in [0.05, 0.1) is 5.33 Å². The van der Waals surface area contributed by atoms with Crippen LogP contribution in [0.1, 0.15) is 28.7 Å². The van der Waals surface area contributed by atoms with Gasteiger partial charge in [0.2, 0.25) is 0 Å². The minimum atomic E-state index is 0.160. The van der Waals surface area contributed by atoms with Gasteiger partial charge in [0.1, 0.15) is 0 Å². The van der Waals surface area contributed by atoms with E-state index < -0.39 is 0 Å². The van der Waals surface area contributed by atoms with E-state index in [1.807, 2.05) is 19.9 Å². The van der Waals surface area contributed by atoms with E-state index in [1.54, 1.807) is 0 Å². The predicted octanol–water partition coefficient (Wildman–Crippen LogP) is 2.70. The van der Waals surface area contributed by atoms with Crippen LogP contribution >= 0.6 is 15.9 Å². The molecule has 0 aliphatic heterocycles. The molecule has 0 fully saturated rings. The van der Waals surface area contributed by atoms with Gasteiger partial charge < -0.3 is 4.57 Å². The van der Waals surface area contributed by atoms with Gasteiger partial charge in [-0.3, -0.25) is 4.79 Å². The lowest BCUT2D eigenvalue weighted by atomic mass is 10.2. The Morgan fingerprint density at radius 2 is 2.15 bits per heavy atom. The third-order valence-corrected chi connectivity index (χ3v) is 2.82. The van der Waals surface area contributed by atoms with E-state index in [1.165, 1.54) is 0 Å². The van der Waals surface area contributed by atoms with Gasteiger partial charge in [-0.15, -0.1) is 0 Å². The van der Waals surface area contributed by atoms with Crippen molar-refractivity contribution in [3.05, 3.63) is 23.0 Å². The molecule has 0 saturated carbocycles. The zero-order valence-corrected chi connectivity index (χ0v) is 9.81. The molecule has 0 unspecified atom stereocenters. The van der Waals surface area contributed by atoms with Gasteiger partial charge in [-0.1, -0.05) is 15.9 Å². The van der Waals surface area contributed by atoms with E-state index in [-0.39, 0.29) is 5.78 Å². The summed E-state index contributed by atoms with van der Waals surface area (Å²) in [7, 11) is 0. The standard InChI is InChI=1S/C10H14BrNO/c1-4-12-7(2)5-9(8(12)3)10(13)6-11/h5H,4,6H2,1-3H3. The molecule has 3 heteroatoms. The highest BCUT2D eigenvalue weighted by Gasteiger charge is 2.13. The number of aryl methyl sites for hydroxylation is 1. The molecule has 0 spiro atoms. The maximum Gasteiger partial charge on any atom is 0.175 e. The highest BCUT2D eigenvalue weighted by atomic mass is 79.9. The second-order valence-electron chi connectivity index (χ2n) is 3.09. The highest BCUT2D eigenvalue weighted by molar-refractivity contribution is 9.09. The number of alkyl halides is 1. The zero-order valence-electron chi connectivity index (χ0n) is 8.22. The van der Waals surface area contributed by atoms with Crippen LogP contribution in [0, 0.1) is 13.8 Å². The fraction of sp³-hybridized carbons (Fsp3) is 0.500. The molecule has 1 rings (SSSR count). The molecule has 0 atom stereocenters. The summed E-state index contributed by atoms with van der Waals surface area (Å²) in [6.45, 7) is 7.03. The number of hydrogen-bond acceptors (Lipinski definition) is 1. The molecule has 0 radical (unpaired) electrons. The van der Waals surface area contributed by atoms with Crippen molar-refractivity contribution in [2.24, 2.45) is 0 Å². The van der Waals surface area contributed by atoms with E-state index >= 15 is 0 Å². The topological polar surface area (TPSA) is 22.0 Å². The lowest BCUT2D eigenvalue weighted by Crippen LogP contribution is -2.04. The second-order valence-corrected chi connectivity index (χ2v) is 3.65. The molecule has 0 aromatic carbocycles. The molecule has 2 nitrogen and oxygen atoms in total. The fourth-order valence-electron chi connectivity index (χ4n) is 1.64. The van der Waals surface area contributed by atoms with Gasteiger partial charge in [0, 0.05) is 23.5 Å². The third-order valence-electron chi connectivity index (χ3n) is 2.31. The Balaban J connectivity index is 3.18. The van der Waals surface area contributed by atoms with Gasteiger partial charge in [0.15, 0.2) is 5.78 Å². The summed E-state index contributed by atoms with van der Waals surface area (Å²) in [6.07, 6.45) is 0. The van der Waals surface area contributed by atoms with E-state index in [0.29, 0.717) is 5.33 Å². The van der Waals surface area contributed by atoms with Gasteiger partial charge in [-0.05, 0) is 26.8 Å². The average Bonchev–Trinajstić information content (AvgIpc) is 2.40. The predicted molar refractivity (Wildman–Crippen MR) is 57.7 cm³/mol. The Labute approximate surface area is 87.1 Å². The molecular formula is C10H14BrNO. The maximum atomic E-state index is 11.5. The van der Waals surface area contributed by atoms with Crippen LogP contribution in [0.2, 0.25) is 0 Å². The number of halogens is 1. The largest absolute Gasteiger partial charge is 0.349 e. The summed E-state index contributed by atoms with van der Waals surface area (Å²) in [6, 6.07) is 1.96. The number of Topliss-reactive ketones (excluding diaryl/α,β-unsaturated/α-hetero) is 1. The number of rotatable bonds is 3. The third kappa shape index (κ3) is 1.85. The lowest BCUT2D eigenvalue weighted by Gasteiger charge is -2.04. The van der Waals surface area contributed by atoms with Crippen LogP contribution in [0.15, 0.2) is 6.07 Å². The first-order valence-electron chi connectivity index (χ1n) is 4.37. The summed E-state index contributed by atoms with van der Waals surface area (Å²) >= 11 is 3.18. The lowest BCUT2D eigenvalue weighted by molar-refractivity contribution is 0.102. The molecule has 72 valence electrons. The molecule has 1 aromatic heterocycles. The SMILES string of the molecule is CCn1c(C)cc(C(=O)CBr)c1C. The Bertz CT molecular complexity index is 328. The summed E-state index contributed by atoms with van der Waals surface area (Å²) < 4.78 is 2.15. The number of hydrogen-bond donors (Lipinski definition) is 0. The second kappa shape index (κ2) is 4.09. The first-order valence-corrected chi connectivity index (χ1v) is 5.49. The molecule has 1 aromatic rings. The monoisotopic (exact) mass is 243 g/mol. The van der Waals surface area contributed by atoms with Crippen molar-refractivity contribution in [3.63, 3.8) is 0 Å². The van der Waals surface area contributed by atoms with Crippen molar-refractivity contribution in [1.82, 2.24) is 4.57 Å². The smallest absolute Gasteiger partial charge is 0.175 e. The van der Waals surface area contributed by atoms with Gasteiger partial charge in [0.25, 0.3) is 0 Å². The number of nitrogens with zero attached hydrogens (tertiary/aromatic N) is 1. The molecule has 0 N–H and O–H groups in total. The molecule has 13 heavy (non-hydrogen) atoms.